The van der Waals surface area contributed by atoms with Crippen LogP contribution < -0.4 is 10.6 Å². The van der Waals surface area contributed by atoms with Gasteiger partial charge in [-0.1, -0.05) is 35.3 Å². The average Bonchev–Trinajstić information content (AvgIpc) is 2.39. The molecule has 0 unspecified atom stereocenters. The van der Waals surface area contributed by atoms with Crippen LogP contribution in [0.15, 0.2) is 42.5 Å². The Morgan fingerprint density at radius 3 is 2.30 bits per heavy atom. The Morgan fingerprint density at radius 2 is 1.75 bits per heavy atom. The number of hydrogen-bond donors (Lipinski definition) is 1. The molecule has 0 aliphatic rings. The lowest BCUT2D eigenvalue weighted by molar-refractivity contribution is 0.0988. The molecule has 0 aliphatic heterocycles. The predicted octanol–water partition coefficient (Wildman–Crippen LogP) is 4.24. The summed E-state index contributed by atoms with van der Waals surface area (Å²) < 4.78 is 0. The van der Waals surface area contributed by atoms with Gasteiger partial charge in [0.25, 0.3) is 5.91 Å². The van der Waals surface area contributed by atoms with Gasteiger partial charge in [0.2, 0.25) is 0 Å². The second-order valence-electron chi connectivity index (χ2n) is 4.24. The fraction of sp³-hybridized carbons (Fsp3) is 0.133. The fourth-order valence-electron chi connectivity index (χ4n) is 1.97. The number of hydrogen-bond acceptors (Lipinski definition) is 2. The maximum absolute atomic E-state index is 12.6. The molecular formula is C15H14Cl2N2O. The highest BCUT2D eigenvalue weighted by Crippen LogP contribution is 2.28. The predicted molar refractivity (Wildman–Crippen MR) is 84.7 cm³/mol. The minimum atomic E-state index is -0.242. The number of nitrogens with two attached hydrogens (primary N) is 1. The fourth-order valence-corrected chi connectivity index (χ4v) is 2.53. The molecule has 2 aromatic carbocycles. The van der Waals surface area contributed by atoms with E-state index in [1.54, 1.807) is 41.3 Å². The third kappa shape index (κ3) is 2.89. The number of nitrogen functional groups attached to an aromatic ring is 1. The smallest absolute Gasteiger partial charge is 0.261 e. The van der Waals surface area contributed by atoms with E-state index in [2.05, 4.69) is 0 Å². The van der Waals surface area contributed by atoms with Crippen LogP contribution in [0.1, 0.15) is 17.3 Å². The summed E-state index contributed by atoms with van der Waals surface area (Å²) in [5, 5.41) is 0.676. The Balaban J connectivity index is 2.45. The minimum Gasteiger partial charge on any atom is -0.399 e. The maximum Gasteiger partial charge on any atom is 0.261 e. The second kappa shape index (κ2) is 6.16. The van der Waals surface area contributed by atoms with Gasteiger partial charge in [-0.05, 0) is 37.3 Å². The highest BCUT2D eigenvalue weighted by atomic mass is 35.5. The largest absolute Gasteiger partial charge is 0.399 e. The van der Waals surface area contributed by atoms with Gasteiger partial charge in [0.1, 0.15) is 0 Å². The van der Waals surface area contributed by atoms with Crippen molar-refractivity contribution in [2.45, 2.75) is 6.92 Å². The minimum absolute atomic E-state index is 0.242. The van der Waals surface area contributed by atoms with Crippen molar-refractivity contribution < 1.29 is 4.79 Å². The molecule has 2 N–H and O–H groups in total. The molecule has 0 aromatic heterocycles. The molecule has 0 heterocycles. The highest BCUT2D eigenvalue weighted by Gasteiger charge is 2.21. The summed E-state index contributed by atoms with van der Waals surface area (Å²) in [6.07, 6.45) is 0. The Kier molecular flexibility index (Phi) is 4.53. The number of amides is 1. The Labute approximate surface area is 127 Å². The summed E-state index contributed by atoms with van der Waals surface area (Å²) in [7, 11) is 0. The number of anilines is 2. The van der Waals surface area contributed by atoms with Crippen molar-refractivity contribution in [3.8, 4) is 0 Å². The molecule has 0 aliphatic carbocycles. The van der Waals surface area contributed by atoms with Gasteiger partial charge in [-0.15, -0.1) is 0 Å². The first kappa shape index (κ1) is 14.7. The molecule has 1 amide bonds. The van der Waals surface area contributed by atoms with Gasteiger partial charge in [-0.2, -0.15) is 0 Å². The van der Waals surface area contributed by atoms with Gasteiger partial charge in [0.15, 0.2) is 0 Å². The molecule has 20 heavy (non-hydrogen) atoms. The van der Waals surface area contributed by atoms with E-state index >= 15 is 0 Å². The third-order valence-electron chi connectivity index (χ3n) is 2.92. The Morgan fingerprint density at radius 1 is 1.15 bits per heavy atom. The van der Waals surface area contributed by atoms with Crippen molar-refractivity contribution >= 4 is 40.5 Å². The molecule has 0 bridgehead atoms. The number of carbonyl (C=O) groups is 1. The first-order valence-electron chi connectivity index (χ1n) is 6.16. The van der Waals surface area contributed by atoms with Crippen LogP contribution in [0.4, 0.5) is 11.4 Å². The summed E-state index contributed by atoms with van der Waals surface area (Å²) in [5.41, 5.74) is 7.38. The van der Waals surface area contributed by atoms with Crippen LogP contribution in [-0.4, -0.2) is 12.5 Å². The van der Waals surface area contributed by atoms with E-state index in [1.807, 2.05) is 13.0 Å². The topological polar surface area (TPSA) is 46.3 Å². The molecule has 104 valence electrons. The second-order valence-corrected chi connectivity index (χ2v) is 5.06. The van der Waals surface area contributed by atoms with E-state index in [4.69, 9.17) is 28.9 Å². The lowest BCUT2D eigenvalue weighted by atomic mass is 10.1. The van der Waals surface area contributed by atoms with Crippen molar-refractivity contribution in [3.05, 3.63) is 58.1 Å². The monoisotopic (exact) mass is 308 g/mol. The molecule has 2 rings (SSSR count). The third-order valence-corrected chi connectivity index (χ3v) is 3.55. The van der Waals surface area contributed by atoms with Crippen molar-refractivity contribution in [1.82, 2.24) is 0 Å². The quantitative estimate of drug-likeness (QED) is 0.862. The molecule has 3 nitrogen and oxygen atoms in total. The molecule has 0 atom stereocenters. The van der Waals surface area contributed by atoms with E-state index in [1.165, 1.54) is 0 Å². The zero-order chi connectivity index (χ0) is 14.7. The SMILES string of the molecule is CCN(C(=O)c1c(Cl)cccc1Cl)c1cccc(N)c1. The normalized spacial score (nSPS) is 10.3. The maximum atomic E-state index is 12.6. The zero-order valence-corrected chi connectivity index (χ0v) is 12.4. The Hall–Kier alpha value is -1.71. The Bertz CT molecular complexity index is 623. The van der Waals surface area contributed by atoms with Gasteiger partial charge in [-0.25, -0.2) is 0 Å². The zero-order valence-electron chi connectivity index (χ0n) is 10.9. The van der Waals surface area contributed by atoms with E-state index in [-0.39, 0.29) is 5.91 Å². The molecule has 5 heteroatoms. The van der Waals surface area contributed by atoms with Crippen molar-refractivity contribution in [2.75, 3.05) is 17.2 Å². The lowest BCUT2D eigenvalue weighted by Crippen LogP contribution is -2.31. The molecule has 0 fully saturated rings. The van der Waals surface area contributed by atoms with Crippen molar-refractivity contribution in [2.24, 2.45) is 0 Å². The summed E-state index contributed by atoms with van der Waals surface area (Å²) >= 11 is 12.2. The molecule has 0 saturated heterocycles. The van der Waals surface area contributed by atoms with Gasteiger partial charge in [-0.3, -0.25) is 4.79 Å². The highest BCUT2D eigenvalue weighted by molar-refractivity contribution is 6.40. The van der Waals surface area contributed by atoms with Crippen LogP contribution in [0.3, 0.4) is 0 Å². The van der Waals surface area contributed by atoms with E-state index in [9.17, 15) is 4.79 Å². The standard InChI is InChI=1S/C15H14Cl2N2O/c1-2-19(11-6-3-5-10(18)9-11)15(20)14-12(16)7-4-8-13(14)17/h3-9H,2,18H2,1H3. The number of rotatable bonds is 3. The van der Waals surface area contributed by atoms with E-state index in [0.717, 1.165) is 0 Å². The van der Waals surface area contributed by atoms with Crippen LogP contribution in [0.2, 0.25) is 10.0 Å². The van der Waals surface area contributed by atoms with Gasteiger partial charge in [0.05, 0.1) is 15.6 Å². The lowest BCUT2D eigenvalue weighted by Gasteiger charge is -2.22. The van der Waals surface area contributed by atoms with E-state index in [0.29, 0.717) is 33.5 Å². The summed E-state index contributed by atoms with van der Waals surface area (Å²) in [5.74, 6) is -0.242. The van der Waals surface area contributed by atoms with Crippen LogP contribution in [0, 0.1) is 0 Å². The van der Waals surface area contributed by atoms with Crippen molar-refractivity contribution in [3.63, 3.8) is 0 Å². The molecule has 0 radical (unpaired) electrons. The van der Waals surface area contributed by atoms with Crippen molar-refractivity contribution in [1.29, 1.82) is 0 Å². The summed E-state index contributed by atoms with van der Waals surface area (Å²) in [6, 6.07) is 12.1. The van der Waals surface area contributed by atoms with Crippen LogP contribution in [0.25, 0.3) is 0 Å². The molecule has 0 spiro atoms. The molecule has 0 saturated carbocycles. The first-order valence-corrected chi connectivity index (χ1v) is 6.91. The molecule has 2 aromatic rings. The number of carbonyl (C=O) groups excluding carboxylic acids is 1. The number of nitrogens with zero attached hydrogens (tertiary/aromatic N) is 1. The number of halogens is 2. The van der Waals surface area contributed by atoms with E-state index < -0.39 is 0 Å². The summed E-state index contributed by atoms with van der Waals surface area (Å²) in [4.78, 5) is 14.2. The van der Waals surface area contributed by atoms with Gasteiger partial charge >= 0.3 is 0 Å². The number of benzene rings is 2. The van der Waals surface area contributed by atoms with Gasteiger partial charge in [0, 0.05) is 17.9 Å². The van der Waals surface area contributed by atoms with Crippen LogP contribution in [-0.2, 0) is 0 Å². The summed E-state index contributed by atoms with van der Waals surface area (Å²) in [6.45, 7) is 2.37. The average molecular weight is 309 g/mol. The van der Waals surface area contributed by atoms with Crippen LogP contribution >= 0.6 is 23.2 Å². The first-order chi connectivity index (χ1) is 9.54. The van der Waals surface area contributed by atoms with Crippen LogP contribution in [0.5, 0.6) is 0 Å². The van der Waals surface area contributed by atoms with Gasteiger partial charge < -0.3 is 10.6 Å². The molecular weight excluding hydrogens is 295 g/mol.